The van der Waals surface area contributed by atoms with Crippen molar-refractivity contribution >= 4 is 27.7 Å². The van der Waals surface area contributed by atoms with E-state index >= 15 is 0 Å². The molecule has 210 valence electrons. The number of aryl methyl sites for hydroxylation is 1. The van der Waals surface area contributed by atoms with Gasteiger partial charge < -0.3 is 10.2 Å². The second-order valence-electron chi connectivity index (χ2n) is 11.1. The van der Waals surface area contributed by atoms with E-state index in [0.29, 0.717) is 46.4 Å². The third kappa shape index (κ3) is 5.12. The van der Waals surface area contributed by atoms with Crippen LogP contribution in [0.25, 0.3) is 5.69 Å². The van der Waals surface area contributed by atoms with Crippen molar-refractivity contribution in [1.82, 2.24) is 24.7 Å². The van der Waals surface area contributed by atoms with Gasteiger partial charge in [-0.3, -0.25) is 23.9 Å². The van der Waals surface area contributed by atoms with E-state index in [0.717, 1.165) is 29.4 Å². The summed E-state index contributed by atoms with van der Waals surface area (Å²) in [6.07, 6.45) is 2.35. The van der Waals surface area contributed by atoms with E-state index in [4.69, 9.17) is 4.98 Å². The number of nitrogens with one attached hydrogen (secondary N) is 1. The van der Waals surface area contributed by atoms with Crippen molar-refractivity contribution in [2.75, 3.05) is 13.6 Å². The second kappa shape index (κ2) is 11.3. The molecule has 1 fully saturated rings. The minimum absolute atomic E-state index is 0.0192. The zero-order valence-corrected chi connectivity index (χ0v) is 25.3. The molecular formula is C31H36BrN5O3. The van der Waals surface area contributed by atoms with Crippen LogP contribution < -0.4 is 10.9 Å². The minimum atomic E-state index is -0.177. The van der Waals surface area contributed by atoms with Gasteiger partial charge in [0.2, 0.25) is 0 Å². The molecule has 2 atom stereocenters. The third-order valence-corrected chi connectivity index (χ3v) is 9.07. The van der Waals surface area contributed by atoms with Crippen LogP contribution in [0, 0.1) is 6.92 Å². The number of hydrogen-bond acceptors (Lipinski definition) is 5. The topological polar surface area (TPSA) is 87.5 Å². The van der Waals surface area contributed by atoms with Gasteiger partial charge >= 0.3 is 0 Å². The van der Waals surface area contributed by atoms with Crippen molar-refractivity contribution in [2.45, 2.75) is 71.6 Å². The molecule has 3 aromatic rings. The van der Waals surface area contributed by atoms with E-state index in [1.807, 2.05) is 49.1 Å². The molecule has 1 N–H and O–H groups in total. The summed E-state index contributed by atoms with van der Waals surface area (Å²) >= 11 is 3.52. The first-order chi connectivity index (χ1) is 19.1. The molecule has 2 aliphatic heterocycles. The number of fused-ring (bicyclic) bond motifs is 1. The number of hydrogen-bond donors (Lipinski definition) is 1. The molecule has 0 bridgehead atoms. The highest BCUT2D eigenvalue weighted by molar-refractivity contribution is 9.10. The van der Waals surface area contributed by atoms with Crippen LogP contribution in [0.1, 0.15) is 83.0 Å². The first-order valence-electron chi connectivity index (χ1n) is 13.9. The quantitative estimate of drug-likeness (QED) is 0.451. The Hall–Kier alpha value is -3.30. The molecule has 0 radical (unpaired) electrons. The Morgan fingerprint density at radius 2 is 1.80 bits per heavy atom. The van der Waals surface area contributed by atoms with Gasteiger partial charge in [-0.2, -0.15) is 0 Å². The van der Waals surface area contributed by atoms with Gasteiger partial charge in [-0.05, 0) is 102 Å². The lowest BCUT2D eigenvalue weighted by Gasteiger charge is -2.36. The highest BCUT2D eigenvalue weighted by Crippen LogP contribution is 2.34. The normalized spacial score (nSPS) is 19.1. The number of likely N-dealkylation sites (tertiary alicyclic amines) is 1. The molecule has 0 aliphatic carbocycles. The van der Waals surface area contributed by atoms with Crippen LogP contribution >= 0.6 is 15.9 Å². The summed E-state index contributed by atoms with van der Waals surface area (Å²) in [6, 6.07) is 12.9. The summed E-state index contributed by atoms with van der Waals surface area (Å²) < 4.78 is 2.70. The average Bonchev–Trinajstić information content (AvgIpc) is 3.44. The number of amides is 2. The zero-order chi connectivity index (χ0) is 28.7. The predicted molar refractivity (Wildman–Crippen MR) is 159 cm³/mol. The van der Waals surface area contributed by atoms with Crippen molar-refractivity contribution < 1.29 is 9.59 Å². The summed E-state index contributed by atoms with van der Waals surface area (Å²) in [5, 5.41) is 2.64. The Morgan fingerprint density at radius 1 is 1.10 bits per heavy atom. The van der Waals surface area contributed by atoms with Crippen LogP contribution in [0.5, 0.6) is 0 Å². The molecule has 9 heteroatoms. The monoisotopic (exact) mass is 605 g/mol. The molecule has 1 aromatic heterocycles. The maximum Gasteiger partial charge on any atom is 0.261 e. The third-order valence-electron chi connectivity index (χ3n) is 8.18. The number of carbonyl (C=O) groups excluding carboxylic acids is 2. The largest absolute Gasteiger partial charge is 0.355 e. The van der Waals surface area contributed by atoms with Crippen LogP contribution in [0.3, 0.4) is 0 Å². The number of carbonyl (C=O) groups is 2. The molecular weight excluding hydrogens is 570 g/mol. The smallest absolute Gasteiger partial charge is 0.261 e. The van der Waals surface area contributed by atoms with Crippen molar-refractivity contribution in [3.8, 4) is 5.69 Å². The second-order valence-corrected chi connectivity index (χ2v) is 12.0. The van der Waals surface area contributed by atoms with Gasteiger partial charge in [-0.15, -0.1) is 0 Å². The Morgan fingerprint density at radius 3 is 2.45 bits per heavy atom. The van der Waals surface area contributed by atoms with Crippen LogP contribution in [0.2, 0.25) is 0 Å². The lowest BCUT2D eigenvalue weighted by Crippen LogP contribution is -2.46. The van der Waals surface area contributed by atoms with Crippen LogP contribution in [-0.2, 0) is 13.0 Å². The van der Waals surface area contributed by atoms with Gasteiger partial charge in [0.1, 0.15) is 5.82 Å². The summed E-state index contributed by atoms with van der Waals surface area (Å²) in [7, 11) is 1.60. The minimum Gasteiger partial charge on any atom is -0.355 e. The maximum absolute atomic E-state index is 14.2. The van der Waals surface area contributed by atoms with Gasteiger partial charge in [0, 0.05) is 40.3 Å². The highest BCUT2D eigenvalue weighted by Gasteiger charge is 2.36. The van der Waals surface area contributed by atoms with E-state index < -0.39 is 0 Å². The Bertz CT molecular complexity index is 1510. The molecule has 5 rings (SSSR count). The lowest BCUT2D eigenvalue weighted by molar-refractivity contribution is 0.0651. The van der Waals surface area contributed by atoms with E-state index in [1.165, 1.54) is 0 Å². The number of aromatic nitrogens is 2. The highest BCUT2D eigenvalue weighted by atomic mass is 79.9. The molecule has 1 unspecified atom stereocenters. The van der Waals surface area contributed by atoms with Crippen molar-refractivity contribution in [3.05, 3.63) is 91.1 Å². The number of rotatable bonds is 5. The summed E-state index contributed by atoms with van der Waals surface area (Å²) in [6.45, 7) is 9.52. The molecule has 3 heterocycles. The van der Waals surface area contributed by atoms with Gasteiger partial charge in [0.05, 0.1) is 24.0 Å². The van der Waals surface area contributed by atoms with Gasteiger partial charge in [0.15, 0.2) is 0 Å². The average molecular weight is 607 g/mol. The molecule has 8 nitrogen and oxygen atoms in total. The number of benzene rings is 2. The van der Waals surface area contributed by atoms with E-state index in [1.54, 1.807) is 23.7 Å². The number of halogens is 1. The first-order valence-corrected chi connectivity index (χ1v) is 14.7. The van der Waals surface area contributed by atoms with E-state index in [9.17, 15) is 14.4 Å². The fourth-order valence-corrected chi connectivity index (χ4v) is 6.20. The fourth-order valence-electron chi connectivity index (χ4n) is 5.96. The van der Waals surface area contributed by atoms with Gasteiger partial charge in [-0.1, -0.05) is 15.9 Å². The molecule has 2 amide bonds. The SMILES string of the molecule is CNC(=O)c1ccc(-n2c(C3CCCN3C(C)C)nc3c(c2=O)C[C@@H](C)N(C(=O)c2ccc(Br)c(C)c2)C3)cc1. The maximum atomic E-state index is 14.2. The summed E-state index contributed by atoms with van der Waals surface area (Å²) in [5.41, 5.74) is 4.07. The zero-order valence-electron chi connectivity index (χ0n) is 23.7. The predicted octanol–water partition coefficient (Wildman–Crippen LogP) is 4.80. The standard InChI is InChI=1S/C31H36BrN5O3/c1-18(2)35-14-6-7-27(35)28-34-26-17-36(30(39)22-10-13-25(32)19(3)15-22)20(4)16-24(26)31(40)37(28)23-11-8-21(9-12-23)29(38)33-5/h8-13,15,18,20,27H,6-7,14,16-17H2,1-5H3,(H,33,38)/t20-,27?/m1/s1. The molecule has 40 heavy (non-hydrogen) atoms. The van der Waals surface area contributed by atoms with Crippen molar-refractivity contribution in [3.63, 3.8) is 0 Å². The molecule has 0 saturated carbocycles. The Kier molecular flexibility index (Phi) is 7.97. The summed E-state index contributed by atoms with van der Waals surface area (Å²) in [4.78, 5) is 49.4. The van der Waals surface area contributed by atoms with Crippen LogP contribution in [0.15, 0.2) is 51.7 Å². The fraction of sp³-hybridized carbons (Fsp3) is 0.419. The first kappa shape index (κ1) is 28.2. The Labute approximate surface area is 243 Å². The van der Waals surface area contributed by atoms with Crippen LogP contribution in [-0.4, -0.2) is 56.8 Å². The van der Waals surface area contributed by atoms with Crippen molar-refractivity contribution in [2.24, 2.45) is 0 Å². The molecule has 2 aromatic carbocycles. The van der Waals surface area contributed by atoms with Gasteiger partial charge in [-0.25, -0.2) is 4.98 Å². The van der Waals surface area contributed by atoms with Crippen molar-refractivity contribution in [1.29, 1.82) is 0 Å². The molecule has 1 saturated heterocycles. The molecule has 2 aliphatic rings. The lowest BCUT2D eigenvalue weighted by atomic mass is 9.97. The number of nitrogens with zero attached hydrogens (tertiary/aromatic N) is 4. The van der Waals surface area contributed by atoms with E-state index in [2.05, 4.69) is 40.0 Å². The van der Waals surface area contributed by atoms with Crippen LogP contribution in [0.4, 0.5) is 0 Å². The summed E-state index contributed by atoms with van der Waals surface area (Å²) in [5.74, 6) is 0.462. The Balaban J connectivity index is 1.61. The van der Waals surface area contributed by atoms with Gasteiger partial charge in [0.25, 0.3) is 17.4 Å². The van der Waals surface area contributed by atoms with E-state index in [-0.39, 0.29) is 36.0 Å². The molecule has 0 spiro atoms.